The van der Waals surface area contributed by atoms with Crippen molar-refractivity contribution in [3.8, 4) is 11.4 Å². The highest BCUT2D eigenvalue weighted by atomic mass is 19.4. The molecule has 0 atom stereocenters. The Morgan fingerprint density at radius 2 is 1.93 bits per heavy atom. The summed E-state index contributed by atoms with van der Waals surface area (Å²) in [5.41, 5.74) is -1.38. The molecular formula is C16H11F5N4O2. The van der Waals surface area contributed by atoms with E-state index < -0.39 is 29.8 Å². The third-order valence-electron chi connectivity index (χ3n) is 3.68. The minimum atomic E-state index is -4.75. The van der Waals surface area contributed by atoms with Gasteiger partial charge in [-0.3, -0.25) is 9.36 Å². The molecule has 11 heteroatoms. The van der Waals surface area contributed by atoms with Gasteiger partial charge in [-0.05, 0) is 24.3 Å². The minimum absolute atomic E-state index is 0.000887. The molecule has 1 aromatic carbocycles. The lowest BCUT2D eigenvalue weighted by molar-refractivity contribution is -0.141. The van der Waals surface area contributed by atoms with Crippen LogP contribution in [-0.2, 0) is 11.0 Å². The lowest BCUT2D eigenvalue weighted by Gasteiger charge is -2.13. The van der Waals surface area contributed by atoms with Gasteiger partial charge in [-0.25, -0.2) is 18.7 Å². The SMILES string of the molecule is CNc1ccc(-n2c(C(F)F)nc3ccc(C(F)(F)F)nc32)cc1OC=O. The molecular weight excluding hydrogens is 375 g/mol. The first-order valence-electron chi connectivity index (χ1n) is 7.43. The number of hydrogen-bond donors (Lipinski definition) is 1. The fourth-order valence-corrected chi connectivity index (χ4v) is 2.54. The number of nitrogens with zero attached hydrogens (tertiary/aromatic N) is 3. The summed E-state index contributed by atoms with van der Waals surface area (Å²) >= 11 is 0. The smallest absolute Gasteiger partial charge is 0.426 e. The molecule has 0 aliphatic rings. The van der Waals surface area contributed by atoms with Crippen LogP contribution in [0.15, 0.2) is 30.3 Å². The van der Waals surface area contributed by atoms with Gasteiger partial charge >= 0.3 is 6.18 Å². The predicted molar refractivity (Wildman–Crippen MR) is 85.1 cm³/mol. The number of pyridine rings is 1. The Morgan fingerprint density at radius 1 is 1.19 bits per heavy atom. The topological polar surface area (TPSA) is 69.0 Å². The highest BCUT2D eigenvalue weighted by molar-refractivity contribution is 5.75. The predicted octanol–water partition coefficient (Wildman–Crippen LogP) is 3.95. The van der Waals surface area contributed by atoms with Crippen molar-refractivity contribution in [1.82, 2.24) is 14.5 Å². The van der Waals surface area contributed by atoms with Crippen LogP contribution in [0, 0.1) is 0 Å². The van der Waals surface area contributed by atoms with E-state index in [0.29, 0.717) is 11.8 Å². The fourth-order valence-electron chi connectivity index (χ4n) is 2.54. The second kappa shape index (κ2) is 6.82. The van der Waals surface area contributed by atoms with Gasteiger partial charge in [0.1, 0.15) is 11.2 Å². The maximum absolute atomic E-state index is 13.4. The quantitative estimate of drug-likeness (QED) is 0.531. The molecule has 0 radical (unpaired) electrons. The summed E-state index contributed by atoms with van der Waals surface area (Å²) in [5, 5.41) is 2.74. The number of carbonyl (C=O) groups is 1. The number of fused-ring (bicyclic) bond motifs is 1. The number of benzene rings is 1. The second-order valence-corrected chi connectivity index (χ2v) is 5.29. The molecule has 0 amide bonds. The average Bonchev–Trinajstić information content (AvgIpc) is 3.00. The Kier molecular flexibility index (Phi) is 4.68. The van der Waals surface area contributed by atoms with Crippen molar-refractivity contribution in [3.63, 3.8) is 0 Å². The molecule has 0 bridgehead atoms. The Bertz CT molecular complexity index is 1000. The van der Waals surface area contributed by atoms with Gasteiger partial charge in [0.15, 0.2) is 17.2 Å². The summed E-state index contributed by atoms with van der Waals surface area (Å²) in [6.45, 7) is 0.139. The Morgan fingerprint density at radius 3 is 2.52 bits per heavy atom. The highest BCUT2D eigenvalue weighted by Gasteiger charge is 2.33. The monoisotopic (exact) mass is 386 g/mol. The maximum atomic E-state index is 13.4. The zero-order valence-electron chi connectivity index (χ0n) is 13.6. The summed E-state index contributed by atoms with van der Waals surface area (Å²) in [6, 6.07) is 5.63. The molecule has 0 fully saturated rings. The summed E-state index contributed by atoms with van der Waals surface area (Å²) < 4.78 is 71.4. The van der Waals surface area contributed by atoms with Crippen LogP contribution >= 0.6 is 0 Å². The number of ether oxygens (including phenoxy) is 1. The van der Waals surface area contributed by atoms with Gasteiger partial charge in [-0.2, -0.15) is 13.2 Å². The molecule has 6 nitrogen and oxygen atoms in total. The van der Waals surface area contributed by atoms with Gasteiger partial charge in [-0.15, -0.1) is 0 Å². The number of hydrogen-bond acceptors (Lipinski definition) is 5. The molecule has 3 aromatic rings. The second-order valence-electron chi connectivity index (χ2n) is 5.29. The molecule has 3 rings (SSSR count). The van der Waals surface area contributed by atoms with Crippen molar-refractivity contribution in [3.05, 3.63) is 41.9 Å². The maximum Gasteiger partial charge on any atom is 0.433 e. The van der Waals surface area contributed by atoms with E-state index in [2.05, 4.69) is 15.3 Å². The van der Waals surface area contributed by atoms with Gasteiger partial charge in [0.05, 0.1) is 11.4 Å². The molecule has 27 heavy (non-hydrogen) atoms. The van der Waals surface area contributed by atoms with Gasteiger partial charge in [-0.1, -0.05) is 0 Å². The number of anilines is 1. The molecule has 1 N–H and O–H groups in total. The molecule has 0 unspecified atom stereocenters. The van der Waals surface area contributed by atoms with Crippen LogP contribution in [0.5, 0.6) is 5.75 Å². The number of carbonyl (C=O) groups excluding carboxylic acids is 1. The summed E-state index contributed by atoms with van der Waals surface area (Å²) in [4.78, 5) is 17.8. The van der Waals surface area contributed by atoms with E-state index in [1.807, 2.05) is 0 Å². The van der Waals surface area contributed by atoms with Crippen LogP contribution in [0.2, 0.25) is 0 Å². The van der Waals surface area contributed by atoms with Crippen LogP contribution in [-0.4, -0.2) is 28.1 Å². The molecule has 2 aromatic heterocycles. The third kappa shape index (κ3) is 3.39. The van der Waals surface area contributed by atoms with E-state index in [1.165, 1.54) is 18.2 Å². The summed E-state index contributed by atoms with van der Waals surface area (Å²) in [6.07, 6.45) is -7.83. The van der Waals surface area contributed by atoms with Crippen LogP contribution in [0.1, 0.15) is 17.9 Å². The van der Waals surface area contributed by atoms with Crippen molar-refractivity contribution in [1.29, 1.82) is 0 Å². The fraction of sp³-hybridized carbons (Fsp3) is 0.188. The van der Waals surface area contributed by atoms with Crippen molar-refractivity contribution >= 4 is 23.3 Å². The van der Waals surface area contributed by atoms with Crippen LogP contribution in [0.3, 0.4) is 0 Å². The molecule has 0 aliphatic heterocycles. The number of halogens is 5. The van der Waals surface area contributed by atoms with E-state index >= 15 is 0 Å². The summed E-state index contributed by atoms with van der Waals surface area (Å²) in [5.74, 6) is -0.787. The first-order chi connectivity index (χ1) is 12.8. The Labute approximate surface area is 148 Å². The number of alkyl halides is 5. The third-order valence-corrected chi connectivity index (χ3v) is 3.68. The van der Waals surface area contributed by atoms with Crippen molar-refractivity contribution < 1.29 is 31.5 Å². The van der Waals surface area contributed by atoms with Gasteiger partial charge < -0.3 is 10.1 Å². The molecule has 0 aliphatic carbocycles. The minimum Gasteiger partial charge on any atom is -0.426 e. The van der Waals surface area contributed by atoms with Crippen LogP contribution in [0.25, 0.3) is 16.9 Å². The molecule has 142 valence electrons. The standard InChI is InChI=1S/C16H11F5N4O2/c1-22-9-3-2-8(6-11(9)27-7-26)25-14-10(23-15(25)13(17)18)4-5-12(24-14)16(19,20)21/h2-7,13,22H,1H3. The number of nitrogens with one attached hydrogen (secondary N) is 1. The van der Waals surface area contributed by atoms with Crippen LogP contribution in [0.4, 0.5) is 27.6 Å². The van der Waals surface area contributed by atoms with Gasteiger partial charge in [0, 0.05) is 13.1 Å². The van der Waals surface area contributed by atoms with Gasteiger partial charge in [0.2, 0.25) is 0 Å². The van der Waals surface area contributed by atoms with Crippen LogP contribution < -0.4 is 10.1 Å². The molecule has 0 spiro atoms. The molecule has 2 heterocycles. The number of rotatable bonds is 5. The Balaban J connectivity index is 2.29. The van der Waals surface area contributed by atoms with Gasteiger partial charge in [0.25, 0.3) is 12.9 Å². The van der Waals surface area contributed by atoms with E-state index in [0.717, 1.165) is 10.6 Å². The molecule has 0 saturated carbocycles. The highest BCUT2D eigenvalue weighted by Crippen LogP contribution is 2.34. The number of imidazole rings is 1. The van der Waals surface area contributed by atoms with E-state index in [9.17, 15) is 26.7 Å². The first kappa shape index (κ1) is 18.5. The zero-order valence-corrected chi connectivity index (χ0v) is 13.6. The Hall–Kier alpha value is -3.24. The lowest BCUT2D eigenvalue weighted by Crippen LogP contribution is -2.09. The van der Waals surface area contributed by atoms with E-state index in [4.69, 9.17) is 4.74 Å². The lowest BCUT2D eigenvalue weighted by atomic mass is 10.2. The first-order valence-corrected chi connectivity index (χ1v) is 7.43. The average molecular weight is 386 g/mol. The van der Waals surface area contributed by atoms with Crippen molar-refractivity contribution in [2.75, 3.05) is 12.4 Å². The number of aromatic nitrogens is 3. The largest absolute Gasteiger partial charge is 0.433 e. The molecule has 0 saturated heterocycles. The van der Waals surface area contributed by atoms with Crippen molar-refractivity contribution in [2.45, 2.75) is 12.6 Å². The van der Waals surface area contributed by atoms with E-state index in [-0.39, 0.29) is 23.4 Å². The normalized spacial score (nSPS) is 11.8. The summed E-state index contributed by atoms with van der Waals surface area (Å²) in [7, 11) is 1.54. The zero-order chi connectivity index (χ0) is 19.8. The van der Waals surface area contributed by atoms with Crippen molar-refractivity contribution in [2.24, 2.45) is 0 Å². The van der Waals surface area contributed by atoms with E-state index in [1.54, 1.807) is 7.05 Å².